The van der Waals surface area contributed by atoms with E-state index in [0.717, 1.165) is 30.8 Å². The van der Waals surface area contributed by atoms with Crippen molar-refractivity contribution in [2.24, 2.45) is 0 Å². The molecule has 0 unspecified atom stereocenters. The highest BCUT2D eigenvalue weighted by Crippen LogP contribution is 2.20. The van der Waals surface area contributed by atoms with Crippen molar-refractivity contribution < 1.29 is 13.6 Å². The van der Waals surface area contributed by atoms with Crippen molar-refractivity contribution in [3.63, 3.8) is 0 Å². The average molecular weight is 347 g/mol. The van der Waals surface area contributed by atoms with E-state index in [1.54, 1.807) is 0 Å². The third-order valence-corrected chi connectivity index (χ3v) is 4.07. The molecule has 2 N–H and O–H groups in total. The lowest BCUT2D eigenvalue weighted by Gasteiger charge is -2.30. The van der Waals surface area contributed by atoms with E-state index in [1.165, 1.54) is 6.07 Å². The van der Waals surface area contributed by atoms with Gasteiger partial charge in [0.15, 0.2) is 0 Å². The Morgan fingerprint density at radius 2 is 1.76 bits per heavy atom. The number of urea groups is 1. The number of nitrogens with zero attached hydrogens (tertiary/aromatic N) is 1. The normalized spacial score (nSPS) is 12.0. The first kappa shape index (κ1) is 18.9. The smallest absolute Gasteiger partial charge is 0.319 e. The Balaban J connectivity index is 2.03. The summed E-state index contributed by atoms with van der Waals surface area (Å²) >= 11 is 0. The van der Waals surface area contributed by atoms with Crippen LogP contribution in [0, 0.1) is 11.6 Å². The van der Waals surface area contributed by atoms with Gasteiger partial charge in [0.05, 0.1) is 11.7 Å². The molecule has 0 spiro atoms. The van der Waals surface area contributed by atoms with Crippen molar-refractivity contribution >= 4 is 11.7 Å². The molecule has 6 heteroatoms. The first-order valence-corrected chi connectivity index (χ1v) is 8.34. The Morgan fingerprint density at radius 3 is 2.36 bits per heavy atom. The minimum atomic E-state index is -0.807. The molecule has 0 aliphatic rings. The number of nitrogens with one attached hydrogen (secondary N) is 2. The Bertz CT molecular complexity index is 690. The van der Waals surface area contributed by atoms with Crippen LogP contribution in [0.4, 0.5) is 19.3 Å². The molecular formula is C19H23F2N3O. The molecule has 0 fully saturated rings. The summed E-state index contributed by atoms with van der Waals surface area (Å²) in [5, 5.41) is 5.18. The van der Waals surface area contributed by atoms with Crippen LogP contribution in [-0.2, 0) is 0 Å². The van der Waals surface area contributed by atoms with Gasteiger partial charge in [-0.25, -0.2) is 13.6 Å². The number of benzene rings is 2. The molecular weight excluding hydrogens is 324 g/mol. The van der Waals surface area contributed by atoms with Gasteiger partial charge in [0.25, 0.3) is 0 Å². The standard InChI is InChI=1S/C19H23F2N3O/c1-3-24(4-2)18(14-8-6-5-7-9-14)13-22-19(25)23-17-11-10-15(20)12-16(17)21/h5-12,18H,3-4,13H2,1-2H3,(H2,22,23,25)/t18-/m0/s1. The number of carbonyl (C=O) groups excluding carboxylic acids is 1. The van der Waals surface area contributed by atoms with E-state index in [4.69, 9.17) is 0 Å². The average Bonchev–Trinajstić information content (AvgIpc) is 2.62. The minimum Gasteiger partial charge on any atom is -0.336 e. The van der Waals surface area contributed by atoms with Crippen LogP contribution >= 0.6 is 0 Å². The Hall–Kier alpha value is -2.47. The maximum absolute atomic E-state index is 13.6. The minimum absolute atomic E-state index is 0.0139. The molecule has 0 aliphatic heterocycles. The molecule has 25 heavy (non-hydrogen) atoms. The summed E-state index contributed by atoms with van der Waals surface area (Å²) < 4.78 is 26.5. The summed E-state index contributed by atoms with van der Waals surface area (Å²) in [6, 6.07) is 12.4. The van der Waals surface area contributed by atoms with Crippen molar-refractivity contribution in [2.75, 3.05) is 25.0 Å². The Kier molecular flexibility index (Phi) is 6.89. The molecule has 134 valence electrons. The zero-order valence-electron chi connectivity index (χ0n) is 14.4. The zero-order chi connectivity index (χ0) is 18.2. The number of carbonyl (C=O) groups is 1. The number of anilines is 1. The van der Waals surface area contributed by atoms with Crippen LogP contribution in [0.2, 0.25) is 0 Å². The molecule has 0 saturated heterocycles. The predicted molar refractivity (Wildman–Crippen MR) is 95.5 cm³/mol. The van der Waals surface area contributed by atoms with Crippen LogP contribution in [0.1, 0.15) is 25.5 Å². The van der Waals surface area contributed by atoms with E-state index in [9.17, 15) is 13.6 Å². The number of rotatable bonds is 7. The topological polar surface area (TPSA) is 44.4 Å². The van der Waals surface area contributed by atoms with Crippen LogP contribution in [0.5, 0.6) is 0 Å². The monoisotopic (exact) mass is 347 g/mol. The molecule has 0 bridgehead atoms. The van der Waals surface area contributed by atoms with Crippen LogP contribution in [0.3, 0.4) is 0 Å². The summed E-state index contributed by atoms with van der Waals surface area (Å²) in [6.45, 7) is 6.18. The SMILES string of the molecule is CCN(CC)[C@@H](CNC(=O)Nc1ccc(F)cc1F)c1ccccc1. The molecule has 4 nitrogen and oxygen atoms in total. The Morgan fingerprint density at radius 1 is 1.08 bits per heavy atom. The second kappa shape index (κ2) is 9.13. The van der Waals surface area contributed by atoms with Gasteiger partial charge in [-0.05, 0) is 30.8 Å². The van der Waals surface area contributed by atoms with Crippen LogP contribution in [-0.4, -0.2) is 30.6 Å². The number of likely N-dealkylation sites (N-methyl/N-ethyl adjacent to an activating group) is 1. The number of hydrogen-bond acceptors (Lipinski definition) is 2. The molecule has 2 amide bonds. The summed E-state index contributed by atoms with van der Waals surface area (Å²) in [5.41, 5.74) is 1.04. The van der Waals surface area contributed by atoms with Gasteiger partial charge in [-0.2, -0.15) is 0 Å². The quantitative estimate of drug-likeness (QED) is 0.789. The second-order valence-electron chi connectivity index (χ2n) is 5.61. The van der Waals surface area contributed by atoms with Crippen LogP contribution < -0.4 is 10.6 Å². The van der Waals surface area contributed by atoms with Crippen molar-refractivity contribution in [1.82, 2.24) is 10.2 Å². The summed E-state index contributed by atoms with van der Waals surface area (Å²) in [4.78, 5) is 14.3. The van der Waals surface area contributed by atoms with E-state index < -0.39 is 17.7 Å². The van der Waals surface area contributed by atoms with Crippen molar-refractivity contribution in [3.05, 3.63) is 65.7 Å². The third-order valence-electron chi connectivity index (χ3n) is 4.07. The van der Waals surface area contributed by atoms with Gasteiger partial charge in [0, 0.05) is 12.6 Å². The van der Waals surface area contributed by atoms with Gasteiger partial charge in [-0.3, -0.25) is 4.90 Å². The Labute approximate surface area is 146 Å². The van der Waals surface area contributed by atoms with Crippen LogP contribution in [0.25, 0.3) is 0 Å². The molecule has 2 rings (SSSR count). The molecule has 0 aliphatic carbocycles. The van der Waals surface area contributed by atoms with Gasteiger partial charge in [0.1, 0.15) is 11.6 Å². The van der Waals surface area contributed by atoms with E-state index in [2.05, 4.69) is 29.4 Å². The molecule has 0 heterocycles. The fourth-order valence-electron chi connectivity index (χ4n) is 2.74. The highest BCUT2D eigenvalue weighted by molar-refractivity contribution is 5.89. The van der Waals surface area contributed by atoms with Gasteiger partial charge in [0.2, 0.25) is 0 Å². The molecule has 2 aromatic carbocycles. The molecule has 0 saturated carbocycles. The van der Waals surface area contributed by atoms with E-state index in [-0.39, 0.29) is 11.7 Å². The fraction of sp³-hybridized carbons (Fsp3) is 0.316. The van der Waals surface area contributed by atoms with E-state index in [0.29, 0.717) is 6.54 Å². The van der Waals surface area contributed by atoms with Gasteiger partial charge >= 0.3 is 6.03 Å². The lowest BCUT2D eigenvalue weighted by atomic mass is 10.1. The van der Waals surface area contributed by atoms with Crippen LogP contribution in [0.15, 0.2) is 48.5 Å². The largest absolute Gasteiger partial charge is 0.336 e. The van der Waals surface area contributed by atoms with Crippen molar-refractivity contribution in [1.29, 1.82) is 0 Å². The van der Waals surface area contributed by atoms with Gasteiger partial charge in [-0.1, -0.05) is 44.2 Å². The molecule has 0 radical (unpaired) electrons. The fourth-order valence-corrected chi connectivity index (χ4v) is 2.74. The molecule has 1 atom stereocenters. The first-order valence-electron chi connectivity index (χ1n) is 8.34. The van der Waals surface area contributed by atoms with Crippen molar-refractivity contribution in [3.8, 4) is 0 Å². The second-order valence-corrected chi connectivity index (χ2v) is 5.61. The highest BCUT2D eigenvalue weighted by atomic mass is 19.1. The van der Waals surface area contributed by atoms with Gasteiger partial charge < -0.3 is 10.6 Å². The van der Waals surface area contributed by atoms with Crippen molar-refractivity contribution in [2.45, 2.75) is 19.9 Å². The number of amides is 2. The maximum Gasteiger partial charge on any atom is 0.319 e. The molecule has 2 aromatic rings. The zero-order valence-corrected chi connectivity index (χ0v) is 14.4. The highest BCUT2D eigenvalue weighted by Gasteiger charge is 2.19. The third kappa shape index (κ3) is 5.26. The predicted octanol–water partition coefficient (Wildman–Crippen LogP) is 4.17. The lowest BCUT2D eigenvalue weighted by molar-refractivity contribution is 0.210. The lowest BCUT2D eigenvalue weighted by Crippen LogP contribution is -2.39. The van der Waals surface area contributed by atoms with Gasteiger partial charge in [-0.15, -0.1) is 0 Å². The summed E-state index contributed by atoms with van der Waals surface area (Å²) in [6.07, 6.45) is 0. The summed E-state index contributed by atoms with van der Waals surface area (Å²) in [7, 11) is 0. The molecule has 0 aromatic heterocycles. The van der Waals surface area contributed by atoms with E-state index in [1.807, 2.05) is 30.3 Å². The number of hydrogen-bond donors (Lipinski definition) is 2. The first-order chi connectivity index (χ1) is 12.0. The van der Waals surface area contributed by atoms with E-state index >= 15 is 0 Å². The number of halogens is 2. The summed E-state index contributed by atoms with van der Waals surface area (Å²) in [5.74, 6) is -1.49. The maximum atomic E-state index is 13.6.